The molecule has 0 unspecified atom stereocenters. The monoisotopic (exact) mass is 421 g/mol. The molecule has 1 amide bonds. The fraction of sp³-hybridized carbons (Fsp3) is 0.429. The zero-order valence-electron chi connectivity index (χ0n) is 16.3. The molecule has 1 aliphatic carbocycles. The van der Waals surface area contributed by atoms with Gasteiger partial charge in [0.2, 0.25) is 0 Å². The van der Waals surface area contributed by atoms with Crippen molar-refractivity contribution in [1.29, 1.82) is 0 Å². The Labute approximate surface area is 174 Å². The summed E-state index contributed by atoms with van der Waals surface area (Å²) in [5, 5.41) is 4.10. The van der Waals surface area contributed by atoms with Gasteiger partial charge in [0.05, 0.1) is 12.2 Å². The summed E-state index contributed by atoms with van der Waals surface area (Å²) in [4.78, 5) is 26.1. The van der Waals surface area contributed by atoms with Crippen molar-refractivity contribution in [3.8, 4) is 5.75 Å². The fourth-order valence-electron chi connectivity index (χ4n) is 3.37. The molecule has 0 spiro atoms. The Morgan fingerprint density at radius 2 is 1.86 bits per heavy atom. The molecule has 5 nitrogen and oxygen atoms in total. The average molecular weight is 422 g/mol. The van der Waals surface area contributed by atoms with E-state index in [1.807, 2.05) is 13.8 Å². The van der Waals surface area contributed by atoms with Crippen LogP contribution in [0.2, 0.25) is 5.02 Å². The number of halogens is 1. The van der Waals surface area contributed by atoms with Crippen LogP contribution in [0.5, 0.6) is 5.75 Å². The highest BCUT2D eigenvalue weighted by Gasteiger charge is 2.27. The lowest BCUT2D eigenvalue weighted by molar-refractivity contribution is -0.118. The van der Waals surface area contributed by atoms with Crippen LogP contribution >= 0.6 is 22.9 Å². The van der Waals surface area contributed by atoms with Gasteiger partial charge in [-0.25, -0.2) is 4.79 Å². The largest absolute Gasteiger partial charge is 0.484 e. The summed E-state index contributed by atoms with van der Waals surface area (Å²) in [6.45, 7) is 5.72. The minimum absolute atomic E-state index is 0.147. The average Bonchev–Trinajstić information content (AvgIpc) is 3.02. The topological polar surface area (TPSA) is 64.6 Å². The molecule has 28 heavy (non-hydrogen) atoms. The molecule has 0 bridgehead atoms. The predicted molar refractivity (Wildman–Crippen MR) is 112 cm³/mol. The summed E-state index contributed by atoms with van der Waals surface area (Å²) in [5.74, 6) is -0.0953. The number of carbonyl (C=O) groups excluding carboxylic acids is 2. The number of thiophene rings is 1. The third-order valence-corrected chi connectivity index (χ3v) is 6.49. The Hall–Kier alpha value is -2.05. The van der Waals surface area contributed by atoms with Crippen LogP contribution in [0.15, 0.2) is 12.1 Å². The molecule has 1 aromatic heterocycles. The van der Waals surface area contributed by atoms with Crippen molar-refractivity contribution in [2.24, 2.45) is 0 Å². The Kier molecular flexibility index (Phi) is 6.62. The van der Waals surface area contributed by atoms with Crippen LogP contribution < -0.4 is 10.1 Å². The zero-order chi connectivity index (χ0) is 20.3. The van der Waals surface area contributed by atoms with Gasteiger partial charge in [-0.3, -0.25) is 4.79 Å². The Morgan fingerprint density at radius 1 is 1.18 bits per heavy atom. The van der Waals surface area contributed by atoms with Crippen LogP contribution in [0.1, 0.15) is 51.7 Å². The number of anilines is 1. The lowest BCUT2D eigenvalue weighted by Gasteiger charge is -2.12. The Bertz CT molecular complexity index is 883. The fourth-order valence-corrected chi connectivity index (χ4v) is 4.78. The van der Waals surface area contributed by atoms with E-state index in [9.17, 15) is 9.59 Å². The second kappa shape index (κ2) is 8.97. The summed E-state index contributed by atoms with van der Waals surface area (Å²) < 4.78 is 10.8. The molecule has 0 radical (unpaired) electrons. The van der Waals surface area contributed by atoms with Crippen LogP contribution in [-0.2, 0) is 22.4 Å². The Morgan fingerprint density at radius 3 is 2.54 bits per heavy atom. The first-order chi connectivity index (χ1) is 13.4. The highest BCUT2D eigenvalue weighted by molar-refractivity contribution is 7.17. The predicted octanol–water partition coefficient (Wildman–Crippen LogP) is 5.09. The SMILES string of the molecule is CCOC(=O)c1c(NC(=O)COc2cc(C)c(Cl)c(C)c2)sc2c1CCCC2. The number of amides is 1. The first kappa shape index (κ1) is 20.7. The van der Waals surface area contributed by atoms with Crippen LogP contribution in [0.3, 0.4) is 0 Å². The van der Waals surface area contributed by atoms with Crippen molar-refractivity contribution in [3.63, 3.8) is 0 Å². The van der Waals surface area contributed by atoms with E-state index in [1.54, 1.807) is 19.1 Å². The minimum atomic E-state index is -0.373. The molecule has 1 aromatic carbocycles. The van der Waals surface area contributed by atoms with E-state index in [0.717, 1.165) is 47.3 Å². The number of aryl methyl sites for hydroxylation is 3. The maximum absolute atomic E-state index is 12.5. The van der Waals surface area contributed by atoms with Crippen molar-refractivity contribution >= 4 is 39.8 Å². The van der Waals surface area contributed by atoms with E-state index < -0.39 is 0 Å². The number of hydrogen-bond acceptors (Lipinski definition) is 5. The van der Waals surface area contributed by atoms with Gasteiger partial charge in [0.1, 0.15) is 10.8 Å². The van der Waals surface area contributed by atoms with E-state index in [2.05, 4.69) is 5.32 Å². The standard InChI is InChI=1S/C21H24ClNO4S/c1-4-26-21(25)18-15-7-5-6-8-16(15)28-20(18)23-17(24)11-27-14-9-12(2)19(22)13(3)10-14/h9-10H,4-8,11H2,1-3H3,(H,23,24). The molecule has 2 aromatic rings. The Balaban J connectivity index is 1.73. The molecule has 0 saturated carbocycles. The minimum Gasteiger partial charge on any atom is -0.484 e. The van der Waals surface area contributed by atoms with Crippen LogP contribution in [0.25, 0.3) is 0 Å². The first-order valence-corrected chi connectivity index (χ1v) is 10.6. The summed E-state index contributed by atoms with van der Waals surface area (Å²) in [7, 11) is 0. The number of ether oxygens (including phenoxy) is 2. The second-order valence-electron chi connectivity index (χ2n) is 6.84. The van der Waals surface area contributed by atoms with Crippen molar-refractivity contribution in [3.05, 3.63) is 44.3 Å². The lowest BCUT2D eigenvalue weighted by atomic mass is 9.95. The molecule has 1 aliphatic rings. The molecule has 0 atom stereocenters. The molecular weight excluding hydrogens is 398 g/mol. The van der Waals surface area contributed by atoms with Gasteiger partial charge in [-0.1, -0.05) is 11.6 Å². The zero-order valence-corrected chi connectivity index (χ0v) is 17.9. The second-order valence-corrected chi connectivity index (χ2v) is 8.33. The smallest absolute Gasteiger partial charge is 0.341 e. The quantitative estimate of drug-likeness (QED) is 0.659. The molecule has 0 fully saturated rings. The third-order valence-electron chi connectivity index (χ3n) is 4.68. The normalized spacial score (nSPS) is 13.0. The van der Waals surface area contributed by atoms with Gasteiger partial charge < -0.3 is 14.8 Å². The molecule has 0 aliphatic heterocycles. The van der Waals surface area contributed by atoms with Crippen molar-refractivity contribution in [1.82, 2.24) is 0 Å². The van der Waals surface area contributed by atoms with Crippen LogP contribution in [-0.4, -0.2) is 25.1 Å². The molecule has 1 heterocycles. The van der Waals surface area contributed by atoms with E-state index in [-0.39, 0.29) is 18.5 Å². The van der Waals surface area contributed by atoms with Gasteiger partial charge in [-0.05, 0) is 75.3 Å². The van der Waals surface area contributed by atoms with Crippen molar-refractivity contribution < 1.29 is 19.1 Å². The van der Waals surface area contributed by atoms with Gasteiger partial charge in [0.25, 0.3) is 5.91 Å². The lowest BCUT2D eigenvalue weighted by Crippen LogP contribution is -2.21. The molecule has 150 valence electrons. The van der Waals surface area contributed by atoms with Crippen molar-refractivity contribution in [2.75, 3.05) is 18.5 Å². The maximum Gasteiger partial charge on any atom is 0.341 e. The highest BCUT2D eigenvalue weighted by atomic mass is 35.5. The van der Waals surface area contributed by atoms with E-state index >= 15 is 0 Å². The van der Waals surface area contributed by atoms with Gasteiger partial charge in [0.15, 0.2) is 6.61 Å². The number of carbonyl (C=O) groups is 2. The summed E-state index contributed by atoms with van der Waals surface area (Å²) in [6.07, 6.45) is 3.92. The first-order valence-electron chi connectivity index (χ1n) is 9.41. The molecule has 1 N–H and O–H groups in total. The van der Waals surface area contributed by atoms with Crippen molar-refractivity contribution in [2.45, 2.75) is 46.5 Å². The summed E-state index contributed by atoms with van der Waals surface area (Å²) in [5.41, 5.74) is 3.32. The molecule has 7 heteroatoms. The van der Waals surface area contributed by atoms with Gasteiger partial charge in [-0.2, -0.15) is 0 Å². The molecular formula is C21H24ClNO4S. The number of esters is 1. The summed E-state index contributed by atoms with van der Waals surface area (Å²) in [6, 6.07) is 3.60. The van der Waals surface area contributed by atoms with Crippen LogP contribution in [0, 0.1) is 13.8 Å². The number of hydrogen-bond donors (Lipinski definition) is 1. The number of fused-ring (bicyclic) bond motifs is 1. The number of benzene rings is 1. The van der Waals surface area contributed by atoms with E-state index in [1.165, 1.54) is 11.3 Å². The van der Waals surface area contributed by atoms with E-state index in [4.69, 9.17) is 21.1 Å². The molecule has 0 saturated heterocycles. The maximum atomic E-state index is 12.5. The number of rotatable bonds is 6. The van der Waals surface area contributed by atoms with Crippen LogP contribution in [0.4, 0.5) is 5.00 Å². The third kappa shape index (κ3) is 4.50. The van der Waals surface area contributed by atoms with Gasteiger partial charge in [-0.15, -0.1) is 11.3 Å². The summed E-state index contributed by atoms with van der Waals surface area (Å²) >= 11 is 7.63. The highest BCUT2D eigenvalue weighted by Crippen LogP contribution is 2.38. The molecule has 3 rings (SSSR count). The van der Waals surface area contributed by atoms with Gasteiger partial charge in [0, 0.05) is 9.90 Å². The van der Waals surface area contributed by atoms with E-state index in [0.29, 0.717) is 27.9 Å². The number of nitrogens with one attached hydrogen (secondary N) is 1. The van der Waals surface area contributed by atoms with Gasteiger partial charge >= 0.3 is 5.97 Å².